The predicted molar refractivity (Wildman–Crippen MR) is 116 cm³/mol. The Morgan fingerprint density at radius 3 is 2.07 bits per heavy atom. The van der Waals surface area contributed by atoms with Crippen molar-refractivity contribution < 1.29 is 9.59 Å². The number of hydrogen-bond donors (Lipinski definition) is 2. The molecule has 0 saturated carbocycles. The van der Waals surface area contributed by atoms with Crippen molar-refractivity contribution in [1.82, 2.24) is 10.6 Å². The average Bonchev–Trinajstić information content (AvgIpc) is 2.76. The maximum absolute atomic E-state index is 12.8. The molecule has 0 aliphatic heterocycles. The van der Waals surface area contributed by atoms with Crippen molar-refractivity contribution in [1.29, 1.82) is 0 Å². The Bertz CT molecular complexity index is 928. The van der Waals surface area contributed by atoms with Gasteiger partial charge in [0.15, 0.2) is 0 Å². The first kappa shape index (κ1) is 20.6. The van der Waals surface area contributed by atoms with E-state index in [4.69, 9.17) is 11.6 Å². The smallest absolute Gasteiger partial charge is 0.251 e. The topological polar surface area (TPSA) is 58.2 Å². The van der Waals surface area contributed by atoms with E-state index in [0.717, 1.165) is 11.1 Å². The van der Waals surface area contributed by atoms with Crippen LogP contribution >= 0.6 is 11.6 Å². The first-order valence-electron chi connectivity index (χ1n) is 9.54. The van der Waals surface area contributed by atoms with Crippen molar-refractivity contribution in [2.24, 2.45) is 0 Å². The van der Waals surface area contributed by atoms with Crippen LogP contribution in [0.2, 0.25) is 5.02 Å². The lowest BCUT2D eigenvalue weighted by Gasteiger charge is -2.19. The van der Waals surface area contributed by atoms with E-state index in [2.05, 4.69) is 10.6 Å². The number of halogens is 1. The van der Waals surface area contributed by atoms with E-state index in [1.165, 1.54) is 0 Å². The third kappa shape index (κ3) is 6.47. The molecule has 148 valence electrons. The summed E-state index contributed by atoms with van der Waals surface area (Å²) in [5.74, 6) is -0.466. The lowest BCUT2D eigenvalue weighted by atomic mass is 10.0. The van der Waals surface area contributed by atoms with Gasteiger partial charge in [0, 0.05) is 23.6 Å². The summed E-state index contributed by atoms with van der Waals surface area (Å²) in [6.07, 6.45) is 1.11. The highest BCUT2D eigenvalue weighted by atomic mass is 35.5. The Balaban J connectivity index is 1.63. The minimum absolute atomic E-state index is 0.202. The predicted octanol–water partition coefficient (Wildman–Crippen LogP) is 4.04. The van der Waals surface area contributed by atoms with Crippen LogP contribution in [-0.4, -0.2) is 24.4 Å². The van der Waals surface area contributed by atoms with E-state index in [1.54, 1.807) is 24.3 Å². The second-order valence-electron chi connectivity index (χ2n) is 6.75. The number of amides is 2. The van der Waals surface area contributed by atoms with E-state index in [9.17, 15) is 9.59 Å². The van der Waals surface area contributed by atoms with Crippen LogP contribution in [0.1, 0.15) is 21.5 Å². The fourth-order valence-electron chi connectivity index (χ4n) is 2.99. The highest BCUT2D eigenvalue weighted by molar-refractivity contribution is 6.30. The van der Waals surface area contributed by atoms with Gasteiger partial charge in [-0.25, -0.2) is 0 Å². The van der Waals surface area contributed by atoms with E-state index in [1.807, 2.05) is 60.7 Å². The summed E-state index contributed by atoms with van der Waals surface area (Å²) in [5.41, 5.74) is 2.60. The van der Waals surface area contributed by atoms with Gasteiger partial charge in [-0.2, -0.15) is 0 Å². The zero-order valence-corrected chi connectivity index (χ0v) is 16.7. The number of nitrogens with one attached hydrogen (secondary N) is 2. The fourth-order valence-corrected chi connectivity index (χ4v) is 3.12. The Kier molecular flexibility index (Phi) is 7.42. The molecular weight excluding hydrogens is 384 g/mol. The zero-order chi connectivity index (χ0) is 20.5. The minimum Gasteiger partial charge on any atom is -0.354 e. The van der Waals surface area contributed by atoms with Crippen LogP contribution in [0.3, 0.4) is 0 Å². The van der Waals surface area contributed by atoms with E-state index in [-0.39, 0.29) is 11.8 Å². The molecule has 0 aliphatic rings. The molecule has 0 saturated heterocycles. The SMILES string of the molecule is O=C(NC(Cc1ccccc1)C(=O)NCCc1ccc(Cl)cc1)c1ccccc1. The van der Waals surface area contributed by atoms with Crippen LogP contribution in [0, 0.1) is 0 Å². The van der Waals surface area contributed by atoms with E-state index < -0.39 is 6.04 Å². The van der Waals surface area contributed by atoms with Gasteiger partial charge in [-0.05, 0) is 41.8 Å². The lowest BCUT2D eigenvalue weighted by molar-refractivity contribution is -0.122. The molecule has 3 aromatic rings. The summed E-state index contributed by atoms with van der Waals surface area (Å²) >= 11 is 5.90. The van der Waals surface area contributed by atoms with Gasteiger partial charge >= 0.3 is 0 Å². The highest BCUT2D eigenvalue weighted by Crippen LogP contribution is 2.10. The molecule has 3 aromatic carbocycles. The number of carbonyl (C=O) groups is 2. The number of benzene rings is 3. The first-order chi connectivity index (χ1) is 14.1. The van der Waals surface area contributed by atoms with E-state index in [0.29, 0.717) is 30.0 Å². The molecule has 4 nitrogen and oxygen atoms in total. The second-order valence-corrected chi connectivity index (χ2v) is 7.19. The summed E-state index contributed by atoms with van der Waals surface area (Å²) in [7, 11) is 0. The highest BCUT2D eigenvalue weighted by Gasteiger charge is 2.21. The molecule has 0 heterocycles. The van der Waals surface area contributed by atoms with Gasteiger partial charge in [0.05, 0.1) is 0 Å². The van der Waals surface area contributed by atoms with Crippen LogP contribution in [0.4, 0.5) is 0 Å². The standard InChI is InChI=1S/C24H23ClN2O2/c25-21-13-11-18(12-14-21)15-16-26-24(29)22(17-19-7-3-1-4-8-19)27-23(28)20-9-5-2-6-10-20/h1-14,22H,15-17H2,(H,26,29)(H,27,28). The molecule has 5 heteroatoms. The molecular formula is C24H23ClN2O2. The maximum atomic E-state index is 12.8. The Morgan fingerprint density at radius 1 is 0.793 bits per heavy atom. The summed E-state index contributed by atoms with van der Waals surface area (Å²) in [6, 6.07) is 25.4. The van der Waals surface area contributed by atoms with Crippen LogP contribution in [0.5, 0.6) is 0 Å². The second kappa shape index (κ2) is 10.4. The zero-order valence-electron chi connectivity index (χ0n) is 16.0. The maximum Gasteiger partial charge on any atom is 0.251 e. The molecule has 1 unspecified atom stereocenters. The summed E-state index contributed by atoms with van der Waals surface area (Å²) < 4.78 is 0. The number of carbonyl (C=O) groups excluding carboxylic acids is 2. The molecule has 0 aromatic heterocycles. The van der Waals surface area contributed by atoms with Gasteiger partial charge in [0.1, 0.15) is 6.04 Å². The van der Waals surface area contributed by atoms with Gasteiger partial charge in [0.25, 0.3) is 5.91 Å². The Morgan fingerprint density at radius 2 is 1.41 bits per heavy atom. The fraction of sp³-hybridized carbons (Fsp3) is 0.167. The van der Waals surface area contributed by atoms with E-state index >= 15 is 0 Å². The third-order valence-corrected chi connectivity index (χ3v) is 4.82. The Labute approximate surface area is 175 Å². The summed E-state index contributed by atoms with van der Waals surface area (Å²) in [6.45, 7) is 0.479. The molecule has 3 rings (SSSR count). The summed E-state index contributed by atoms with van der Waals surface area (Å²) in [4.78, 5) is 25.4. The molecule has 2 amide bonds. The van der Waals surface area contributed by atoms with Crippen molar-refractivity contribution >= 4 is 23.4 Å². The van der Waals surface area contributed by atoms with Crippen LogP contribution in [-0.2, 0) is 17.6 Å². The van der Waals surface area contributed by atoms with Crippen molar-refractivity contribution in [3.8, 4) is 0 Å². The van der Waals surface area contributed by atoms with Crippen LogP contribution in [0.15, 0.2) is 84.9 Å². The molecule has 1 atom stereocenters. The average molecular weight is 407 g/mol. The molecule has 29 heavy (non-hydrogen) atoms. The Hall–Kier alpha value is -3.11. The number of hydrogen-bond acceptors (Lipinski definition) is 2. The molecule has 0 spiro atoms. The summed E-state index contributed by atoms with van der Waals surface area (Å²) in [5, 5.41) is 6.49. The van der Waals surface area contributed by atoms with Gasteiger partial charge in [-0.1, -0.05) is 72.3 Å². The van der Waals surface area contributed by atoms with Gasteiger partial charge in [-0.15, -0.1) is 0 Å². The lowest BCUT2D eigenvalue weighted by Crippen LogP contribution is -2.48. The van der Waals surface area contributed by atoms with Crippen LogP contribution < -0.4 is 10.6 Å². The van der Waals surface area contributed by atoms with Crippen molar-refractivity contribution in [2.75, 3.05) is 6.54 Å². The normalized spacial score (nSPS) is 11.5. The quantitative estimate of drug-likeness (QED) is 0.593. The minimum atomic E-state index is -0.657. The van der Waals surface area contributed by atoms with Gasteiger partial charge < -0.3 is 10.6 Å². The third-order valence-electron chi connectivity index (χ3n) is 4.57. The molecule has 0 radical (unpaired) electrons. The first-order valence-corrected chi connectivity index (χ1v) is 9.91. The largest absolute Gasteiger partial charge is 0.354 e. The van der Waals surface area contributed by atoms with Crippen molar-refractivity contribution in [2.45, 2.75) is 18.9 Å². The molecule has 2 N–H and O–H groups in total. The monoisotopic (exact) mass is 406 g/mol. The van der Waals surface area contributed by atoms with Crippen LogP contribution in [0.25, 0.3) is 0 Å². The van der Waals surface area contributed by atoms with Gasteiger partial charge in [0.2, 0.25) is 5.91 Å². The van der Waals surface area contributed by atoms with Gasteiger partial charge in [-0.3, -0.25) is 9.59 Å². The van der Waals surface area contributed by atoms with Crippen molar-refractivity contribution in [3.05, 3.63) is 107 Å². The molecule has 0 bridgehead atoms. The molecule has 0 aliphatic carbocycles. The van der Waals surface area contributed by atoms with Crippen molar-refractivity contribution in [3.63, 3.8) is 0 Å². The molecule has 0 fully saturated rings. The number of rotatable bonds is 8.